The lowest BCUT2D eigenvalue weighted by Gasteiger charge is -2.24. The summed E-state index contributed by atoms with van der Waals surface area (Å²) in [6.07, 6.45) is 3.42. The van der Waals surface area contributed by atoms with Crippen molar-refractivity contribution in [3.05, 3.63) is 59.4 Å². The van der Waals surface area contributed by atoms with Gasteiger partial charge in [-0.05, 0) is 50.5 Å². The number of sulfonamides is 1. The van der Waals surface area contributed by atoms with E-state index in [0.717, 1.165) is 29.7 Å². The fourth-order valence-corrected chi connectivity index (χ4v) is 4.65. The average Bonchev–Trinajstić information content (AvgIpc) is 2.98. The first-order chi connectivity index (χ1) is 10.5. The molecule has 0 bridgehead atoms. The molecule has 4 nitrogen and oxygen atoms in total. The summed E-state index contributed by atoms with van der Waals surface area (Å²) in [5.41, 5.74) is 2.96. The Labute approximate surface area is 131 Å². The fourth-order valence-electron chi connectivity index (χ4n) is 2.99. The van der Waals surface area contributed by atoms with Gasteiger partial charge in [-0.2, -0.15) is 4.31 Å². The van der Waals surface area contributed by atoms with Gasteiger partial charge in [-0.25, -0.2) is 8.42 Å². The molecule has 22 heavy (non-hydrogen) atoms. The molecule has 0 N–H and O–H groups in total. The zero-order chi connectivity index (χ0) is 15.7. The van der Waals surface area contributed by atoms with E-state index in [-0.39, 0.29) is 6.04 Å². The third kappa shape index (κ3) is 2.66. The summed E-state index contributed by atoms with van der Waals surface area (Å²) in [5, 5.41) is 0. The quantitative estimate of drug-likeness (QED) is 0.873. The lowest BCUT2D eigenvalue weighted by Crippen LogP contribution is -2.31. The molecule has 1 aromatic heterocycles. The van der Waals surface area contributed by atoms with Crippen molar-refractivity contribution in [2.75, 3.05) is 6.54 Å². The Hall–Kier alpha value is -1.72. The second-order valence-electron chi connectivity index (χ2n) is 5.79. The number of benzene rings is 1. The lowest BCUT2D eigenvalue weighted by molar-refractivity contribution is 0.389. The van der Waals surface area contributed by atoms with Gasteiger partial charge in [-0.3, -0.25) is 4.98 Å². The van der Waals surface area contributed by atoms with E-state index in [1.54, 1.807) is 22.6 Å². The summed E-state index contributed by atoms with van der Waals surface area (Å²) in [6, 6.07) is 10.8. The zero-order valence-corrected chi connectivity index (χ0v) is 13.7. The van der Waals surface area contributed by atoms with E-state index in [1.807, 2.05) is 38.1 Å². The molecule has 116 valence electrons. The van der Waals surface area contributed by atoms with Gasteiger partial charge in [0.15, 0.2) is 0 Å². The molecule has 2 aromatic rings. The van der Waals surface area contributed by atoms with Gasteiger partial charge in [0.1, 0.15) is 0 Å². The largest absolute Gasteiger partial charge is 0.259 e. The average molecular weight is 316 g/mol. The molecule has 1 aliphatic rings. The predicted octanol–water partition coefficient (Wildman–Crippen LogP) is 3.22. The summed E-state index contributed by atoms with van der Waals surface area (Å²) in [4.78, 5) is 4.79. The lowest BCUT2D eigenvalue weighted by atomic mass is 10.1. The number of nitrogens with zero attached hydrogens (tertiary/aromatic N) is 2. The van der Waals surface area contributed by atoms with Crippen LogP contribution in [0, 0.1) is 13.8 Å². The van der Waals surface area contributed by atoms with Gasteiger partial charge in [0, 0.05) is 12.7 Å². The van der Waals surface area contributed by atoms with Crippen molar-refractivity contribution in [1.82, 2.24) is 9.29 Å². The van der Waals surface area contributed by atoms with Crippen molar-refractivity contribution in [3.8, 4) is 0 Å². The normalized spacial score (nSPS) is 19.5. The van der Waals surface area contributed by atoms with E-state index in [0.29, 0.717) is 11.4 Å². The summed E-state index contributed by atoms with van der Waals surface area (Å²) >= 11 is 0. The number of rotatable bonds is 3. The zero-order valence-electron chi connectivity index (χ0n) is 12.9. The minimum atomic E-state index is -3.48. The van der Waals surface area contributed by atoms with Crippen molar-refractivity contribution >= 4 is 10.0 Å². The standard InChI is InChI=1S/C17H20N2O2S/c1-13-7-9-15(10-8-13)22(20,21)19-12-4-6-16(19)17-14(2)5-3-11-18-17/h3,5,7-11,16H,4,6,12H2,1-2H3/t16-/m1/s1. The Bertz CT molecular complexity index is 770. The smallest absolute Gasteiger partial charge is 0.243 e. The molecular weight excluding hydrogens is 296 g/mol. The highest BCUT2D eigenvalue weighted by Crippen LogP contribution is 2.36. The number of aromatic nitrogens is 1. The molecule has 0 amide bonds. The number of aryl methyl sites for hydroxylation is 2. The maximum absolute atomic E-state index is 12.9. The summed E-state index contributed by atoms with van der Waals surface area (Å²) < 4.78 is 27.5. The van der Waals surface area contributed by atoms with Crippen LogP contribution in [-0.2, 0) is 10.0 Å². The first-order valence-corrected chi connectivity index (χ1v) is 8.94. The second-order valence-corrected chi connectivity index (χ2v) is 7.68. The third-order valence-electron chi connectivity index (χ3n) is 4.20. The highest BCUT2D eigenvalue weighted by molar-refractivity contribution is 7.89. The first kappa shape index (κ1) is 15.2. The Balaban J connectivity index is 1.99. The third-order valence-corrected chi connectivity index (χ3v) is 6.12. The van der Waals surface area contributed by atoms with E-state index < -0.39 is 10.0 Å². The Morgan fingerprint density at radius 3 is 2.55 bits per heavy atom. The molecule has 1 fully saturated rings. The molecule has 5 heteroatoms. The molecule has 0 radical (unpaired) electrons. The maximum atomic E-state index is 12.9. The van der Waals surface area contributed by atoms with Gasteiger partial charge in [-0.1, -0.05) is 23.8 Å². The minimum Gasteiger partial charge on any atom is -0.259 e. The fraction of sp³-hybridized carbons (Fsp3) is 0.353. The molecule has 0 spiro atoms. The van der Waals surface area contributed by atoms with Crippen molar-refractivity contribution in [1.29, 1.82) is 0 Å². The van der Waals surface area contributed by atoms with Crippen LogP contribution in [-0.4, -0.2) is 24.3 Å². The molecule has 0 unspecified atom stereocenters. The number of pyridine rings is 1. The maximum Gasteiger partial charge on any atom is 0.243 e. The Morgan fingerprint density at radius 1 is 1.14 bits per heavy atom. The minimum absolute atomic E-state index is 0.160. The van der Waals surface area contributed by atoms with E-state index in [4.69, 9.17) is 0 Å². The van der Waals surface area contributed by atoms with E-state index >= 15 is 0 Å². The number of hydrogen-bond acceptors (Lipinski definition) is 3. The second kappa shape index (κ2) is 5.82. The molecule has 1 aliphatic heterocycles. The molecular formula is C17H20N2O2S. The molecule has 1 atom stereocenters. The van der Waals surface area contributed by atoms with Gasteiger partial charge >= 0.3 is 0 Å². The number of hydrogen-bond donors (Lipinski definition) is 0. The van der Waals surface area contributed by atoms with E-state index in [2.05, 4.69) is 4.98 Å². The van der Waals surface area contributed by atoms with Gasteiger partial charge in [-0.15, -0.1) is 0 Å². The molecule has 0 saturated carbocycles. The predicted molar refractivity (Wildman–Crippen MR) is 86.0 cm³/mol. The van der Waals surface area contributed by atoms with E-state index in [9.17, 15) is 8.42 Å². The SMILES string of the molecule is Cc1ccc(S(=O)(=O)N2CCC[C@@H]2c2ncccc2C)cc1. The van der Waals surface area contributed by atoms with Gasteiger partial charge < -0.3 is 0 Å². The van der Waals surface area contributed by atoms with Crippen molar-refractivity contribution in [3.63, 3.8) is 0 Å². The van der Waals surface area contributed by atoms with Crippen molar-refractivity contribution < 1.29 is 8.42 Å². The van der Waals surface area contributed by atoms with Gasteiger partial charge in [0.25, 0.3) is 0 Å². The topological polar surface area (TPSA) is 50.3 Å². The van der Waals surface area contributed by atoms with Crippen LogP contribution in [0.5, 0.6) is 0 Å². The molecule has 1 saturated heterocycles. The van der Waals surface area contributed by atoms with Crippen LogP contribution in [0.3, 0.4) is 0 Å². The molecule has 3 rings (SSSR count). The van der Waals surface area contributed by atoms with Crippen LogP contribution in [0.4, 0.5) is 0 Å². The Morgan fingerprint density at radius 2 is 1.86 bits per heavy atom. The van der Waals surface area contributed by atoms with Crippen LogP contribution in [0.1, 0.15) is 35.7 Å². The monoisotopic (exact) mass is 316 g/mol. The summed E-state index contributed by atoms with van der Waals surface area (Å²) in [5.74, 6) is 0. The van der Waals surface area contributed by atoms with Gasteiger partial charge in [0.2, 0.25) is 10.0 Å². The van der Waals surface area contributed by atoms with Crippen molar-refractivity contribution in [2.24, 2.45) is 0 Å². The van der Waals surface area contributed by atoms with Crippen LogP contribution in [0.25, 0.3) is 0 Å². The molecule has 1 aromatic carbocycles. The van der Waals surface area contributed by atoms with Crippen LogP contribution in [0.2, 0.25) is 0 Å². The van der Waals surface area contributed by atoms with E-state index in [1.165, 1.54) is 0 Å². The van der Waals surface area contributed by atoms with Gasteiger partial charge in [0.05, 0.1) is 16.6 Å². The molecule has 2 heterocycles. The molecule has 0 aliphatic carbocycles. The Kier molecular flexibility index (Phi) is 4.02. The highest BCUT2D eigenvalue weighted by atomic mass is 32.2. The van der Waals surface area contributed by atoms with Crippen molar-refractivity contribution in [2.45, 2.75) is 37.6 Å². The summed E-state index contributed by atoms with van der Waals surface area (Å²) in [6.45, 7) is 4.49. The summed E-state index contributed by atoms with van der Waals surface area (Å²) in [7, 11) is -3.48. The van der Waals surface area contributed by atoms with Crippen LogP contribution >= 0.6 is 0 Å². The van der Waals surface area contributed by atoms with Crippen LogP contribution < -0.4 is 0 Å². The highest BCUT2D eigenvalue weighted by Gasteiger charge is 2.37. The van der Waals surface area contributed by atoms with Crippen LogP contribution in [0.15, 0.2) is 47.5 Å². The first-order valence-electron chi connectivity index (χ1n) is 7.50.